The molecule has 6 nitrogen and oxygen atoms in total. The molecule has 1 aliphatic rings. The maximum atomic E-state index is 12.6. The van der Waals surface area contributed by atoms with E-state index in [9.17, 15) is 9.59 Å². The lowest BCUT2D eigenvalue weighted by Crippen LogP contribution is -2.57. The third-order valence-corrected chi connectivity index (χ3v) is 4.33. The molecule has 0 spiro atoms. The number of carboxylic acids is 1. The molecular weight excluding hydrogens is 298 g/mol. The molecule has 1 heterocycles. The average Bonchev–Trinajstić information content (AvgIpc) is 2.52. The maximum Gasteiger partial charge on any atom is 0.305 e. The number of nitrogens with one attached hydrogen (secondary N) is 1. The Bertz CT molecular complexity index is 582. The highest BCUT2D eigenvalue weighted by Crippen LogP contribution is 2.33. The minimum absolute atomic E-state index is 0.121. The first-order valence-electron chi connectivity index (χ1n) is 7.87. The van der Waals surface area contributed by atoms with Crippen LogP contribution in [0.5, 0.6) is 11.5 Å². The van der Waals surface area contributed by atoms with E-state index in [1.54, 1.807) is 25.1 Å². The molecule has 2 N–H and O–H groups in total. The Morgan fingerprint density at radius 2 is 1.74 bits per heavy atom. The van der Waals surface area contributed by atoms with Crippen molar-refractivity contribution in [3.8, 4) is 11.5 Å². The highest BCUT2D eigenvalue weighted by Gasteiger charge is 2.39. The minimum Gasteiger partial charge on any atom is -0.482 e. The lowest BCUT2D eigenvalue weighted by molar-refractivity contribution is -0.141. The maximum absolute atomic E-state index is 12.6. The fraction of sp³-hybridized carbons (Fsp3) is 0.529. The van der Waals surface area contributed by atoms with Crippen LogP contribution in [0, 0.1) is 0 Å². The van der Waals surface area contributed by atoms with Gasteiger partial charge in [-0.3, -0.25) is 9.59 Å². The molecule has 1 aromatic rings. The van der Waals surface area contributed by atoms with Crippen LogP contribution in [-0.4, -0.2) is 34.7 Å². The molecule has 0 aliphatic carbocycles. The van der Waals surface area contributed by atoms with Crippen LogP contribution in [0.1, 0.15) is 40.0 Å². The molecule has 1 amide bonds. The second kappa shape index (κ2) is 6.89. The fourth-order valence-corrected chi connectivity index (χ4v) is 2.75. The molecule has 23 heavy (non-hydrogen) atoms. The van der Waals surface area contributed by atoms with Gasteiger partial charge in [0.25, 0.3) is 5.91 Å². The van der Waals surface area contributed by atoms with E-state index >= 15 is 0 Å². The Labute approximate surface area is 135 Å². The number of hydrogen-bond donors (Lipinski definition) is 2. The van der Waals surface area contributed by atoms with Crippen LogP contribution in [0.4, 0.5) is 0 Å². The van der Waals surface area contributed by atoms with Gasteiger partial charge in [-0.1, -0.05) is 26.0 Å². The van der Waals surface area contributed by atoms with Crippen molar-refractivity contribution < 1.29 is 24.2 Å². The van der Waals surface area contributed by atoms with Gasteiger partial charge in [0.05, 0.1) is 12.0 Å². The van der Waals surface area contributed by atoms with E-state index in [1.165, 1.54) is 0 Å². The van der Waals surface area contributed by atoms with Gasteiger partial charge in [-0.25, -0.2) is 0 Å². The number of rotatable bonds is 6. The number of carbonyl (C=O) groups is 2. The first-order valence-corrected chi connectivity index (χ1v) is 7.87. The van der Waals surface area contributed by atoms with Gasteiger partial charge < -0.3 is 19.9 Å². The Morgan fingerprint density at radius 1 is 1.17 bits per heavy atom. The van der Waals surface area contributed by atoms with Gasteiger partial charge in [0.15, 0.2) is 11.5 Å². The smallest absolute Gasteiger partial charge is 0.305 e. The van der Waals surface area contributed by atoms with Crippen LogP contribution in [-0.2, 0) is 9.59 Å². The van der Waals surface area contributed by atoms with Crippen LogP contribution in [0.25, 0.3) is 0 Å². The summed E-state index contributed by atoms with van der Waals surface area (Å²) in [6.45, 7) is 5.49. The highest BCUT2D eigenvalue weighted by molar-refractivity contribution is 5.83. The average molecular weight is 321 g/mol. The van der Waals surface area contributed by atoms with Crippen LogP contribution < -0.4 is 14.8 Å². The molecule has 1 aliphatic heterocycles. The molecule has 2 unspecified atom stereocenters. The number of carbonyl (C=O) groups excluding carboxylic acids is 1. The van der Waals surface area contributed by atoms with Crippen LogP contribution in [0.15, 0.2) is 24.3 Å². The van der Waals surface area contributed by atoms with E-state index < -0.39 is 23.7 Å². The van der Waals surface area contributed by atoms with Crippen molar-refractivity contribution in [2.24, 2.45) is 0 Å². The second-order valence-corrected chi connectivity index (χ2v) is 5.86. The Kier molecular flexibility index (Phi) is 5.13. The van der Waals surface area contributed by atoms with Gasteiger partial charge in [0.2, 0.25) is 6.10 Å². The standard InChI is InChI=1S/C17H23NO5/c1-4-17(5-2,10-14(19)20)18-16(21)15-11(3)22-12-8-6-7-9-13(12)23-15/h6-9,11,15H,4-5,10H2,1-3H3,(H,18,21)(H,19,20). The molecule has 6 heteroatoms. The summed E-state index contributed by atoms with van der Waals surface area (Å²) in [5.41, 5.74) is -0.775. The summed E-state index contributed by atoms with van der Waals surface area (Å²) in [6, 6.07) is 7.17. The van der Waals surface area contributed by atoms with Crippen molar-refractivity contribution >= 4 is 11.9 Å². The van der Waals surface area contributed by atoms with E-state index in [-0.39, 0.29) is 12.3 Å². The van der Waals surface area contributed by atoms with Crippen molar-refractivity contribution in [2.45, 2.75) is 57.8 Å². The summed E-state index contributed by atoms with van der Waals surface area (Å²) in [6.07, 6.45) is -0.331. The summed E-state index contributed by atoms with van der Waals surface area (Å²) < 4.78 is 11.5. The lowest BCUT2D eigenvalue weighted by atomic mass is 9.88. The van der Waals surface area contributed by atoms with Crippen molar-refractivity contribution in [1.29, 1.82) is 0 Å². The van der Waals surface area contributed by atoms with Crippen LogP contribution >= 0.6 is 0 Å². The number of para-hydroxylation sites is 2. The number of aliphatic carboxylic acids is 1. The van der Waals surface area contributed by atoms with Crippen molar-refractivity contribution in [1.82, 2.24) is 5.32 Å². The summed E-state index contributed by atoms with van der Waals surface area (Å²) >= 11 is 0. The van der Waals surface area contributed by atoms with Crippen LogP contribution in [0.2, 0.25) is 0 Å². The highest BCUT2D eigenvalue weighted by atomic mass is 16.6. The normalized spacial score (nSPS) is 20.0. The molecule has 2 atom stereocenters. The first kappa shape index (κ1) is 17.1. The van der Waals surface area contributed by atoms with Crippen molar-refractivity contribution in [3.05, 3.63) is 24.3 Å². The van der Waals surface area contributed by atoms with E-state index in [0.717, 1.165) is 0 Å². The molecule has 0 saturated heterocycles. The van der Waals surface area contributed by atoms with Gasteiger partial charge >= 0.3 is 5.97 Å². The monoisotopic (exact) mass is 321 g/mol. The van der Waals surface area contributed by atoms with E-state index in [4.69, 9.17) is 14.6 Å². The molecule has 126 valence electrons. The second-order valence-electron chi connectivity index (χ2n) is 5.86. The SMILES string of the molecule is CCC(CC)(CC(=O)O)NC(=O)C1Oc2ccccc2OC1C. The molecule has 0 radical (unpaired) electrons. The number of amides is 1. The molecule has 0 fully saturated rings. The third-order valence-electron chi connectivity index (χ3n) is 4.33. The zero-order valence-corrected chi connectivity index (χ0v) is 13.7. The van der Waals surface area contributed by atoms with Crippen molar-refractivity contribution in [2.75, 3.05) is 0 Å². The van der Waals surface area contributed by atoms with Gasteiger partial charge in [-0.2, -0.15) is 0 Å². The van der Waals surface area contributed by atoms with Crippen LogP contribution in [0.3, 0.4) is 0 Å². The minimum atomic E-state index is -0.937. The summed E-state index contributed by atoms with van der Waals surface area (Å²) in [7, 11) is 0. The Balaban J connectivity index is 2.15. The molecule has 2 rings (SSSR count). The molecule has 1 aromatic carbocycles. The third kappa shape index (κ3) is 3.75. The van der Waals surface area contributed by atoms with E-state index in [1.807, 2.05) is 19.9 Å². The molecule has 0 bridgehead atoms. The topological polar surface area (TPSA) is 84.9 Å². The first-order chi connectivity index (χ1) is 10.9. The summed E-state index contributed by atoms with van der Waals surface area (Å²) in [5, 5.41) is 12.0. The van der Waals surface area contributed by atoms with Gasteiger partial charge in [0, 0.05) is 0 Å². The summed E-state index contributed by atoms with van der Waals surface area (Å²) in [4.78, 5) is 23.7. The predicted molar refractivity (Wildman–Crippen MR) is 84.7 cm³/mol. The Hall–Kier alpha value is -2.24. The van der Waals surface area contributed by atoms with Crippen molar-refractivity contribution in [3.63, 3.8) is 0 Å². The zero-order chi connectivity index (χ0) is 17.0. The van der Waals surface area contributed by atoms with E-state index in [2.05, 4.69) is 5.32 Å². The van der Waals surface area contributed by atoms with E-state index in [0.29, 0.717) is 24.3 Å². The van der Waals surface area contributed by atoms with Gasteiger partial charge in [-0.15, -0.1) is 0 Å². The molecule has 0 saturated carbocycles. The van der Waals surface area contributed by atoms with Gasteiger partial charge in [0.1, 0.15) is 6.10 Å². The number of fused-ring (bicyclic) bond motifs is 1. The quantitative estimate of drug-likeness (QED) is 0.840. The molecule has 0 aromatic heterocycles. The predicted octanol–water partition coefficient (Wildman–Crippen LogP) is 2.36. The zero-order valence-electron chi connectivity index (χ0n) is 13.7. The fourth-order valence-electron chi connectivity index (χ4n) is 2.75. The van der Waals surface area contributed by atoms with Gasteiger partial charge in [-0.05, 0) is 31.9 Å². The number of carboxylic acid groups (broad SMARTS) is 1. The molecular formula is C17H23NO5. The number of ether oxygens (including phenoxy) is 2. The Morgan fingerprint density at radius 3 is 2.26 bits per heavy atom. The summed E-state index contributed by atoms with van der Waals surface area (Å²) in [5.74, 6) is -0.167. The number of hydrogen-bond acceptors (Lipinski definition) is 4. The largest absolute Gasteiger partial charge is 0.482 e. The lowest BCUT2D eigenvalue weighted by Gasteiger charge is -2.36. The number of benzene rings is 1.